The van der Waals surface area contributed by atoms with Crippen molar-refractivity contribution < 1.29 is 17.6 Å². The van der Waals surface area contributed by atoms with Gasteiger partial charge in [-0.15, -0.1) is 0 Å². The number of hydrogen-bond acceptors (Lipinski definition) is 1. The van der Waals surface area contributed by atoms with Gasteiger partial charge in [0, 0.05) is 16.1 Å². The summed E-state index contributed by atoms with van der Waals surface area (Å²) in [7, 11) is 0. The fraction of sp³-hybridized carbons (Fsp3) is 0.143. The van der Waals surface area contributed by atoms with E-state index in [1.54, 1.807) is 0 Å². The molecule has 0 heterocycles. The zero-order chi connectivity index (χ0) is 14.9. The van der Waals surface area contributed by atoms with E-state index in [0.29, 0.717) is 10.0 Å². The summed E-state index contributed by atoms with van der Waals surface area (Å²) < 4.78 is 53.1. The van der Waals surface area contributed by atoms with Gasteiger partial charge in [0.2, 0.25) is 0 Å². The van der Waals surface area contributed by atoms with Crippen LogP contribution >= 0.6 is 15.9 Å². The minimum absolute atomic E-state index is 0.125. The first-order chi connectivity index (χ1) is 9.40. The molecule has 2 N–H and O–H groups in total. The smallest absolute Gasteiger partial charge is 0.194 e. The van der Waals surface area contributed by atoms with Gasteiger partial charge in [-0.05, 0) is 30.2 Å². The van der Waals surface area contributed by atoms with Crippen molar-refractivity contribution in [3.8, 4) is 0 Å². The SMILES string of the molecule is NC(Cc1ccc(F)cc1Br)c1ccc(F)c(F)c1F. The number of nitrogens with two attached hydrogens (primary N) is 1. The Hall–Kier alpha value is -1.40. The highest BCUT2D eigenvalue weighted by Crippen LogP contribution is 2.26. The third-order valence-corrected chi connectivity index (χ3v) is 3.66. The molecule has 2 rings (SSSR count). The fourth-order valence-corrected chi connectivity index (χ4v) is 2.37. The third-order valence-electron chi connectivity index (χ3n) is 2.92. The van der Waals surface area contributed by atoms with Gasteiger partial charge in [0.15, 0.2) is 17.5 Å². The maximum Gasteiger partial charge on any atom is 0.194 e. The van der Waals surface area contributed by atoms with Crippen LogP contribution in [0.1, 0.15) is 17.2 Å². The minimum Gasteiger partial charge on any atom is -0.324 e. The highest BCUT2D eigenvalue weighted by Gasteiger charge is 2.19. The molecule has 0 fully saturated rings. The van der Waals surface area contributed by atoms with Crippen LogP contribution in [0.4, 0.5) is 17.6 Å². The van der Waals surface area contributed by atoms with Crippen LogP contribution in [0, 0.1) is 23.3 Å². The van der Waals surface area contributed by atoms with Gasteiger partial charge in [-0.2, -0.15) is 0 Å². The lowest BCUT2D eigenvalue weighted by atomic mass is 9.99. The summed E-state index contributed by atoms with van der Waals surface area (Å²) in [6.45, 7) is 0. The lowest BCUT2D eigenvalue weighted by Crippen LogP contribution is -2.16. The monoisotopic (exact) mass is 347 g/mol. The first kappa shape index (κ1) is 15.0. The van der Waals surface area contributed by atoms with Gasteiger partial charge in [-0.1, -0.05) is 28.1 Å². The van der Waals surface area contributed by atoms with Gasteiger partial charge in [0.25, 0.3) is 0 Å². The van der Waals surface area contributed by atoms with Crippen molar-refractivity contribution in [2.45, 2.75) is 12.5 Å². The summed E-state index contributed by atoms with van der Waals surface area (Å²) in [4.78, 5) is 0. The van der Waals surface area contributed by atoms with Crippen LogP contribution in [0.5, 0.6) is 0 Å². The van der Waals surface area contributed by atoms with E-state index in [9.17, 15) is 17.6 Å². The Bertz CT molecular complexity index is 645. The summed E-state index contributed by atoms with van der Waals surface area (Å²) >= 11 is 3.17. The van der Waals surface area contributed by atoms with E-state index in [1.165, 1.54) is 18.2 Å². The van der Waals surface area contributed by atoms with Crippen LogP contribution in [-0.4, -0.2) is 0 Å². The van der Waals surface area contributed by atoms with Crippen molar-refractivity contribution >= 4 is 15.9 Å². The molecule has 0 saturated carbocycles. The molecule has 0 spiro atoms. The first-order valence-electron chi connectivity index (χ1n) is 5.73. The normalized spacial score (nSPS) is 12.5. The molecule has 106 valence electrons. The molecule has 0 aliphatic rings. The molecule has 6 heteroatoms. The van der Waals surface area contributed by atoms with Crippen LogP contribution in [0.2, 0.25) is 0 Å². The molecule has 0 aliphatic heterocycles. The summed E-state index contributed by atoms with van der Waals surface area (Å²) in [5.41, 5.74) is 6.33. The van der Waals surface area contributed by atoms with Crippen molar-refractivity contribution in [3.05, 3.63) is 69.2 Å². The van der Waals surface area contributed by atoms with Gasteiger partial charge in [0.1, 0.15) is 5.82 Å². The molecule has 1 unspecified atom stereocenters. The Balaban J connectivity index is 2.28. The molecule has 0 radical (unpaired) electrons. The quantitative estimate of drug-likeness (QED) is 0.651. The van der Waals surface area contributed by atoms with E-state index in [1.807, 2.05) is 0 Å². The second-order valence-electron chi connectivity index (χ2n) is 4.31. The number of hydrogen-bond donors (Lipinski definition) is 1. The summed E-state index contributed by atoms with van der Waals surface area (Å²) in [5, 5.41) is 0. The zero-order valence-corrected chi connectivity index (χ0v) is 11.7. The van der Waals surface area contributed by atoms with Gasteiger partial charge in [-0.25, -0.2) is 17.6 Å². The molecule has 2 aromatic rings. The lowest BCUT2D eigenvalue weighted by molar-refractivity contribution is 0.435. The van der Waals surface area contributed by atoms with Crippen molar-refractivity contribution in [1.82, 2.24) is 0 Å². The molecular weight excluding hydrogens is 338 g/mol. The molecular formula is C14H10BrF4N. The maximum atomic E-state index is 13.6. The molecule has 2 aromatic carbocycles. The van der Waals surface area contributed by atoms with Crippen molar-refractivity contribution in [1.29, 1.82) is 0 Å². The Morgan fingerprint density at radius 1 is 1.00 bits per heavy atom. The van der Waals surface area contributed by atoms with E-state index in [-0.39, 0.29) is 12.0 Å². The van der Waals surface area contributed by atoms with E-state index in [2.05, 4.69) is 15.9 Å². The first-order valence-corrected chi connectivity index (χ1v) is 6.52. The Morgan fingerprint density at radius 2 is 1.70 bits per heavy atom. The van der Waals surface area contributed by atoms with E-state index < -0.39 is 29.3 Å². The highest BCUT2D eigenvalue weighted by atomic mass is 79.9. The molecule has 0 bridgehead atoms. The zero-order valence-electron chi connectivity index (χ0n) is 10.1. The molecule has 1 atom stereocenters. The van der Waals surface area contributed by atoms with E-state index >= 15 is 0 Å². The van der Waals surface area contributed by atoms with Crippen molar-refractivity contribution in [3.63, 3.8) is 0 Å². The summed E-state index contributed by atoms with van der Waals surface area (Å²) in [5.74, 6) is -4.53. The van der Waals surface area contributed by atoms with E-state index in [0.717, 1.165) is 12.1 Å². The molecule has 0 aliphatic carbocycles. The van der Waals surface area contributed by atoms with Crippen LogP contribution < -0.4 is 5.73 Å². The fourth-order valence-electron chi connectivity index (χ4n) is 1.86. The number of rotatable bonds is 3. The predicted molar refractivity (Wildman–Crippen MR) is 71.0 cm³/mol. The topological polar surface area (TPSA) is 26.0 Å². The largest absolute Gasteiger partial charge is 0.324 e. The highest BCUT2D eigenvalue weighted by molar-refractivity contribution is 9.10. The number of halogens is 5. The van der Waals surface area contributed by atoms with Gasteiger partial charge >= 0.3 is 0 Å². The predicted octanol–water partition coefficient (Wildman–Crippen LogP) is 4.25. The molecule has 20 heavy (non-hydrogen) atoms. The molecule has 1 nitrogen and oxygen atoms in total. The second kappa shape index (κ2) is 5.93. The molecule has 0 saturated heterocycles. The van der Waals surface area contributed by atoms with Gasteiger partial charge in [0.05, 0.1) is 0 Å². The lowest BCUT2D eigenvalue weighted by Gasteiger charge is -2.14. The summed E-state index contributed by atoms with van der Waals surface area (Å²) in [6.07, 6.45) is 0.156. The molecule has 0 amide bonds. The minimum atomic E-state index is -1.55. The third kappa shape index (κ3) is 3.02. The summed E-state index contributed by atoms with van der Waals surface area (Å²) in [6, 6.07) is 5.06. The van der Waals surface area contributed by atoms with Crippen LogP contribution in [0.3, 0.4) is 0 Å². The van der Waals surface area contributed by atoms with E-state index in [4.69, 9.17) is 5.73 Å². The average molecular weight is 348 g/mol. The standard InChI is InChI=1S/C14H10BrF4N/c15-10-6-8(16)2-1-7(10)5-12(20)9-3-4-11(17)14(19)13(9)18/h1-4,6,12H,5,20H2. The Labute approximate surface area is 121 Å². The van der Waals surface area contributed by atoms with Crippen molar-refractivity contribution in [2.75, 3.05) is 0 Å². The average Bonchev–Trinajstić information content (AvgIpc) is 2.39. The second-order valence-corrected chi connectivity index (χ2v) is 5.17. The Morgan fingerprint density at radius 3 is 2.35 bits per heavy atom. The Kier molecular flexibility index (Phi) is 4.45. The van der Waals surface area contributed by atoms with Crippen LogP contribution in [0.15, 0.2) is 34.8 Å². The maximum absolute atomic E-state index is 13.6. The van der Waals surface area contributed by atoms with Crippen LogP contribution in [0.25, 0.3) is 0 Å². The number of benzene rings is 2. The van der Waals surface area contributed by atoms with Crippen molar-refractivity contribution in [2.24, 2.45) is 5.73 Å². The molecule has 0 aromatic heterocycles. The van der Waals surface area contributed by atoms with Crippen LogP contribution in [-0.2, 0) is 6.42 Å². The van der Waals surface area contributed by atoms with Gasteiger partial charge < -0.3 is 5.73 Å². The van der Waals surface area contributed by atoms with Gasteiger partial charge in [-0.3, -0.25) is 0 Å².